The lowest BCUT2D eigenvalue weighted by atomic mass is 10.1. The van der Waals surface area contributed by atoms with E-state index < -0.39 is 0 Å². The van der Waals surface area contributed by atoms with Crippen LogP contribution in [0.2, 0.25) is 0 Å². The van der Waals surface area contributed by atoms with Gasteiger partial charge in [0.2, 0.25) is 0 Å². The minimum absolute atomic E-state index is 0.119. The van der Waals surface area contributed by atoms with Gasteiger partial charge in [-0.05, 0) is 36.6 Å². The molecule has 1 heterocycles. The summed E-state index contributed by atoms with van der Waals surface area (Å²) in [4.78, 5) is 14.2. The zero-order chi connectivity index (χ0) is 13.0. The van der Waals surface area contributed by atoms with Gasteiger partial charge in [-0.15, -0.1) is 0 Å². The quantitative estimate of drug-likeness (QED) is 0.782. The first kappa shape index (κ1) is 13.6. The van der Waals surface area contributed by atoms with Crippen LogP contribution in [-0.4, -0.2) is 29.2 Å². The van der Waals surface area contributed by atoms with Crippen LogP contribution < -0.4 is 0 Å². The molecule has 0 N–H and O–H groups in total. The van der Waals surface area contributed by atoms with Crippen LogP contribution in [0.1, 0.15) is 34.8 Å². The summed E-state index contributed by atoms with van der Waals surface area (Å²) in [6.45, 7) is 4.87. The number of benzene rings is 1. The number of alkyl halides is 1. The molecule has 18 heavy (non-hydrogen) atoms. The smallest absolute Gasteiger partial charge is 0.253 e. The predicted octanol–water partition coefficient (Wildman–Crippen LogP) is 2.96. The highest BCUT2D eigenvalue weighted by atomic mass is 79.9. The second kappa shape index (κ2) is 6.34. The topological polar surface area (TPSA) is 29.5 Å². The van der Waals surface area contributed by atoms with E-state index in [0.717, 1.165) is 36.0 Å². The summed E-state index contributed by atoms with van der Waals surface area (Å²) < 4.78 is 5.37. The van der Waals surface area contributed by atoms with Crippen molar-refractivity contribution in [1.29, 1.82) is 0 Å². The summed E-state index contributed by atoms with van der Waals surface area (Å²) >= 11 is 3.40. The number of amides is 1. The lowest BCUT2D eigenvalue weighted by molar-refractivity contribution is 0.0765. The molecule has 1 aliphatic heterocycles. The minimum atomic E-state index is 0.119. The largest absolute Gasteiger partial charge is 0.372 e. The average Bonchev–Trinajstić information content (AvgIpc) is 2.86. The number of fused-ring (bicyclic) bond motifs is 1. The molecule has 3 nitrogen and oxygen atoms in total. The van der Waals surface area contributed by atoms with Crippen LogP contribution in [0.15, 0.2) is 18.2 Å². The summed E-state index contributed by atoms with van der Waals surface area (Å²) in [5, 5.41) is 0.925. The normalized spacial score (nSPS) is 13.4. The van der Waals surface area contributed by atoms with E-state index in [0.29, 0.717) is 13.2 Å². The van der Waals surface area contributed by atoms with Crippen LogP contribution >= 0.6 is 15.9 Å². The van der Waals surface area contributed by atoms with E-state index in [-0.39, 0.29) is 5.91 Å². The molecule has 1 aromatic rings. The predicted molar refractivity (Wildman–Crippen MR) is 74.9 cm³/mol. The van der Waals surface area contributed by atoms with E-state index in [4.69, 9.17) is 4.74 Å². The van der Waals surface area contributed by atoms with Crippen molar-refractivity contribution in [3.63, 3.8) is 0 Å². The molecule has 98 valence electrons. The van der Waals surface area contributed by atoms with Crippen LogP contribution in [0.25, 0.3) is 0 Å². The van der Waals surface area contributed by atoms with Crippen molar-refractivity contribution < 1.29 is 9.53 Å². The second-order valence-electron chi connectivity index (χ2n) is 4.40. The zero-order valence-electron chi connectivity index (χ0n) is 10.6. The third-order valence-corrected chi connectivity index (χ3v) is 3.76. The molecule has 0 unspecified atom stereocenters. The van der Waals surface area contributed by atoms with E-state index in [1.54, 1.807) is 0 Å². The Balaban J connectivity index is 2.12. The van der Waals surface area contributed by atoms with Gasteiger partial charge in [-0.2, -0.15) is 0 Å². The third kappa shape index (κ3) is 2.93. The Kier molecular flexibility index (Phi) is 4.78. The van der Waals surface area contributed by atoms with Crippen LogP contribution in [0.4, 0.5) is 0 Å². The fourth-order valence-electron chi connectivity index (χ4n) is 2.14. The number of nitrogens with zero attached hydrogens (tertiary/aromatic N) is 1. The van der Waals surface area contributed by atoms with Gasteiger partial charge in [-0.1, -0.05) is 22.0 Å². The van der Waals surface area contributed by atoms with E-state index >= 15 is 0 Å². The Morgan fingerprint density at radius 2 is 2.17 bits per heavy atom. The number of carbonyl (C=O) groups excluding carboxylic acids is 1. The molecule has 4 heteroatoms. The van der Waals surface area contributed by atoms with Gasteiger partial charge in [0.25, 0.3) is 5.91 Å². The van der Waals surface area contributed by atoms with Crippen molar-refractivity contribution in [3.8, 4) is 0 Å². The van der Waals surface area contributed by atoms with Crippen molar-refractivity contribution in [1.82, 2.24) is 4.90 Å². The molecule has 0 radical (unpaired) electrons. The maximum atomic E-state index is 12.4. The van der Waals surface area contributed by atoms with Crippen molar-refractivity contribution in [2.75, 3.05) is 18.4 Å². The van der Waals surface area contributed by atoms with Crippen molar-refractivity contribution >= 4 is 21.8 Å². The Labute approximate surface area is 116 Å². The fraction of sp³-hybridized carbons (Fsp3) is 0.500. The SMILES string of the molecule is CCN(CCCBr)C(=O)c1ccc2c(c1)COC2. The van der Waals surface area contributed by atoms with Gasteiger partial charge in [-0.3, -0.25) is 4.79 Å². The number of rotatable bonds is 5. The maximum Gasteiger partial charge on any atom is 0.253 e. The summed E-state index contributed by atoms with van der Waals surface area (Å²) in [7, 11) is 0. The molecule has 0 saturated carbocycles. The monoisotopic (exact) mass is 311 g/mol. The maximum absolute atomic E-state index is 12.4. The molecule has 1 aliphatic rings. The molecule has 0 aromatic heterocycles. The summed E-state index contributed by atoms with van der Waals surface area (Å²) in [6.07, 6.45) is 0.980. The molecule has 0 fully saturated rings. The third-order valence-electron chi connectivity index (χ3n) is 3.20. The number of halogens is 1. The summed E-state index contributed by atoms with van der Waals surface area (Å²) in [5.41, 5.74) is 3.13. The highest BCUT2D eigenvalue weighted by Gasteiger charge is 2.17. The fourth-order valence-corrected chi connectivity index (χ4v) is 2.39. The molecule has 1 amide bonds. The number of carbonyl (C=O) groups is 1. The van der Waals surface area contributed by atoms with Gasteiger partial charge in [0.1, 0.15) is 0 Å². The van der Waals surface area contributed by atoms with Gasteiger partial charge in [0, 0.05) is 24.0 Å². The van der Waals surface area contributed by atoms with Gasteiger partial charge in [-0.25, -0.2) is 0 Å². The summed E-state index contributed by atoms with van der Waals surface area (Å²) in [6, 6.07) is 5.89. The van der Waals surface area contributed by atoms with Gasteiger partial charge >= 0.3 is 0 Å². The highest BCUT2D eigenvalue weighted by molar-refractivity contribution is 9.09. The number of ether oxygens (including phenoxy) is 1. The Hall–Kier alpha value is -0.870. The number of hydrogen-bond donors (Lipinski definition) is 0. The van der Waals surface area contributed by atoms with Gasteiger partial charge in [0.05, 0.1) is 13.2 Å². The molecule has 0 spiro atoms. The minimum Gasteiger partial charge on any atom is -0.372 e. The number of hydrogen-bond acceptors (Lipinski definition) is 2. The van der Waals surface area contributed by atoms with E-state index in [2.05, 4.69) is 15.9 Å². The molecule has 2 rings (SSSR count). The van der Waals surface area contributed by atoms with E-state index in [9.17, 15) is 4.79 Å². The van der Waals surface area contributed by atoms with Crippen LogP contribution in [-0.2, 0) is 18.0 Å². The second-order valence-corrected chi connectivity index (χ2v) is 5.20. The Bertz CT molecular complexity index is 434. The Morgan fingerprint density at radius 1 is 1.39 bits per heavy atom. The van der Waals surface area contributed by atoms with Crippen LogP contribution in [0.5, 0.6) is 0 Å². The van der Waals surface area contributed by atoms with E-state index in [1.165, 1.54) is 5.56 Å². The van der Waals surface area contributed by atoms with Gasteiger partial charge < -0.3 is 9.64 Å². The first-order valence-corrected chi connectivity index (χ1v) is 7.43. The summed E-state index contributed by atoms with van der Waals surface area (Å²) in [5.74, 6) is 0.119. The Morgan fingerprint density at radius 3 is 2.89 bits per heavy atom. The molecule has 0 aliphatic carbocycles. The van der Waals surface area contributed by atoms with Crippen molar-refractivity contribution in [2.45, 2.75) is 26.6 Å². The van der Waals surface area contributed by atoms with Gasteiger partial charge in [0.15, 0.2) is 0 Å². The molecular weight excluding hydrogens is 294 g/mol. The average molecular weight is 312 g/mol. The van der Waals surface area contributed by atoms with Crippen LogP contribution in [0, 0.1) is 0 Å². The van der Waals surface area contributed by atoms with E-state index in [1.807, 2.05) is 30.0 Å². The van der Waals surface area contributed by atoms with Crippen molar-refractivity contribution in [3.05, 3.63) is 34.9 Å². The first-order chi connectivity index (χ1) is 8.76. The molecule has 0 atom stereocenters. The van der Waals surface area contributed by atoms with Crippen molar-refractivity contribution in [2.24, 2.45) is 0 Å². The molecule has 0 bridgehead atoms. The standard InChI is InChI=1S/C14H18BrNO2/c1-2-16(7-3-6-15)14(17)11-4-5-12-9-18-10-13(12)8-11/h4-5,8H,2-3,6-7,9-10H2,1H3. The lowest BCUT2D eigenvalue weighted by Crippen LogP contribution is -2.32. The highest BCUT2D eigenvalue weighted by Crippen LogP contribution is 2.21. The molecular formula is C14H18BrNO2. The molecule has 1 aromatic carbocycles. The first-order valence-electron chi connectivity index (χ1n) is 6.31. The molecule has 0 saturated heterocycles. The lowest BCUT2D eigenvalue weighted by Gasteiger charge is -2.20. The van der Waals surface area contributed by atoms with Crippen LogP contribution in [0.3, 0.4) is 0 Å². The zero-order valence-corrected chi connectivity index (χ0v) is 12.2.